The van der Waals surface area contributed by atoms with Crippen molar-refractivity contribution in [2.45, 2.75) is 81.8 Å². The van der Waals surface area contributed by atoms with Crippen LogP contribution in [0.15, 0.2) is 84.9 Å². The summed E-state index contributed by atoms with van der Waals surface area (Å²) in [5.41, 5.74) is 0.530. The Morgan fingerprint density at radius 2 is 1.44 bits per heavy atom. The number of carbonyl (C=O) groups excluding carboxylic acids is 2. The van der Waals surface area contributed by atoms with Crippen molar-refractivity contribution in [3.05, 3.63) is 102 Å². The summed E-state index contributed by atoms with van der Waals surface area (Å²) in [6, 6.07) is 25.2. The summed E-state index contributed by atoms with van der Waals surface area (Å²) in [6.07, 6.45) is 4.74. The molecule has 0 aromatic heterocycles. The molecule has 3 unspecified atom stereocenters. The quantitative estimate of drug-likeness (QED) is 0.216. The zero-order chi connectivity index (χ0) is 31.4. The van der Waals surface area contributed by atoms with Crippen LogP contribution in [-0.4, -0.2) is 46.0 Å². The fraction of sp³-hybridized carbons (Fsp3) is 0.459. The minimum Gasteiger partial charge on any atom is -0.489 e. The lowest BCUT2D eigenvalue weighted by Crippen LogP contribution is -2.62. The largest absolute Gasteiger partial charge is 0.489 e. The Labute approximate surface area is 265 Å². The lowest BCUT2D eigenvalue weighted by molar-refractivity contribution is -0.135. The number of hydrogen-bond donors (Lipinski definition) is 4. The zero-order valence-corrected chi connectivity index (χ0v) is 25.9. The van der Waals surface area contributed by atoms with Crippen molar-refractivity contribution < 1.29 is 29.3 Å². The van der Waals surface area contributed by atoms with E-state index in [-0.39, 0.29) is 6.42 Å². The highest BCUT2D eigenvalue weighted by Crippen LogP contribution is 2.57. The van der Waals surface area contributed by atoms with Crippen molar-refractivity contribution in [3.63, 3.8) is 0 Å². The van der Waals surface area contributed by atoms with E-state index in [0.29, 0.717) is 35.7 Å². The number of ether oxygens (including phenoxy) is 2. The van der Waals surface area contributed by atoms with Crippen LogP contribution in [0.4, 0.5) is 4.79 Å². The van der Waals surface area contributed by atoms with Gasteiger partial charge in [0.25, 0.3) is 0 Å². The molecular formula is C37H44N2O6. The lowest BCUT2D eigenvalue weighted by atomic mass is 9.54. The molecule has 4 aliphatic carbocycles. The molecule has 4 bridgehead atoms. The Kier molecular flexibility index (Phi) is 9.15. The van der Waals surface area contributed by atoms with E-state index in [1.165, 1.54) is 19.3 Å². The number of aliphatic hydroxyl groups is 2. The highest BCUT2D eigenvalue weighted by Gasteiger charge is 2.53. The molecule has 7 rings (SSSR count). The van der Waals surface area contributed by atoms with E-state index in [2.05, 4.69) is 10.6 Å². The average molecular weight is 613 g/mol. The first-order valence-electron chi connectivity index (χ1n) is 16.1. The topological polar surface area (TPSA) is 117 Å². The number of rotatable bonds is 12. The first-order valence-corrected chi connectivity index (χ1v) is 16.1. The molecule has 3 aromatic carbocycles. The molecule has 238 valence electrons. The molecule has 0 spiro atoms. The molecule has 45 heavy (non-hydrogen) atoms. The molecule has 4 N–H and O–H groups in total. The predicted octanol–water partition coefficient (Wildman–Crippen LogP) is 5.47. The standard InChI is InChI=1S/C37H44N2O6/c1-36(34(42)38-32(23-40)33(41)30-10-6-3-7-11-30,19-25-12-14-31(15-13-25)44-24-26-8-4-2-5-9-26)39-35(43)45-37-20-27-16-28(21-37)18-29(17-27)22-37/h2-15,27-29,32-33,40-41H,16-24H2,1H3,(H,38,42)(H,39,43). The first kappa shape index (κ1) is 31.1. The van der Waals surface area contributed by atoms with Crippen molar-refractivity contribution in [1.82, 2.24) is 10.6 Å². The summed E-state index contributed by atoms with van der Waals surface area (Å²) >= 11 is 0. The molecule has 2 amide bonds. The van der Waals surface area contributed by atoms with Gasteiger partial charge in [0, 0.05) is 6.42 Å². The Morgan fingerprint density at radius 3 is 2.02 bits per heavy atom. The molecule has 4 saturated carbocycles. The number of alkyl carbamates (subject to hydrolysis) is 1. The van der Waals surface area contributed by atoms with Crippen LogP contribution in [0, 0.1) is 17.8 Å². The molecule has 4 aliphatic rings. The van der Waals surface area contributed by atoms with E-state index in [4.69, 9.17) is 9.47 Å². The van der Waals surface area contributed by atoms with Crippen molar-refractivity contribution in [3.8, 4) is 5.75 Å². The highest BCUT2D eigenvalue weighted by molar-refractivity contribution is 5.90. The molecule has 8 nitrogen and oxygen atoms in total. The smallest absolute Gasteiger partial charge is 0.408 e. The van der Waals surface area contributed by atoms with E-state index in [9.17, 15) is 19.8 Å². The summed E-state index contributed by atoms with van der Waals surface area (Å²) in [6.45, 7) is 1.61. The number of aliphatic hydroxyl groups excluding tert-OH is 2. The second-order valence-corrected chi connectivity index (χ2v) is 13.7. The zero-order valence-electron chi connectivity index (χ0n) is 25.9. The molecule has 3 atom stereocenters. The summed E-state index contributed by atoms with van der Waals surface area (Å²) in [5, 5.41) is 26.8. The third-order valence-electron chi connectivity index (χ3n) is 9.94. The predicted molar refractivity (Wildman–Crippen MR) is 170 cm³/mol. The van der Waals surface area contributed by atoms with E-state index in [0.717, 1.165) is 30.4 Å². The van der Waals surface area contributed by atoms with Crippen molar-refractivity contribution >= 4 is 12.0 Å². The first-order chi connectivity index (χ1) is 21.7. The van der Waals surface area contributed by atoms with E-state index >= 15 is 0 Å². The van der Waals surface area contributed by atoms with Crippen LogP contribution < -0.4 is 15.4 Å². The minimum atomic E-state index is -1.43. The third-order valence-corrected chi connectivity index (χ3v) is 9.94. The van der Waals surface area contributed by atoms with Crippen molar-refractivity contribution in [2.24, 2.45) is 17.8 Å². The Morgan fingerprint density at radius 1 is 0.867 bits per heavy atom. The van der Waals surface area contributed by atoms with Gasteiger partial charge < -0.3 is 30.3 Å². The maximum atomic E-state index is 14.0. The Hall–Kier alpha value is -3.88. The van der Waals surface area contributed by atoms with Gasteiger partial charge in [0.2, 0.25) is 5.91 Å². The van der Waals surface area contributed by atoms with Gasteiger partial charge in [-0.3, -0.25) is 4.79 Å². The fourth-order valence-corrected chi connectivity index (χ4v) is 8.07. The van der Waals surface area contributed by atoms with E-state index in [1.807, 2.05) is 60.7 Å². The Bertz CT molecular complexity index is 1410. The van der Waals surface area contributed by atoms with Gasteiger partial charge in [-0.25, -0.2) is 4.79 Å². The van der Waals surface area contributed by atoms with Gasteiger partial charge in [-0.05, 0) is 92.0 Å². The number of nitrogens with one attached hydrogen (secondary N) is 2. The van der Waals surface area contributed by atoms with Gasteiger partial charge in [-0.2, -0.15) is 0 Å². The summed E-state index contributed by atoms with van der Waals surface area (Å²) in [7, 11) is 0. The van der Waals surface area contributed by atoms with E-state index in [1.54, 1.807) is 31.2 Å². The second kappa shape index (κ2) is 13.2. The lowest BCUT2D eigenvalue weighted by Gasteiger charge is -2.55. The van der Waals surface area contributed by atoms with Crippen LogP contribution in [0.5, 0.6) is 5.75 Å². The summed E-state index contributed by atoms with van der Waals surface area (Å²) in [5.74, 6) is 1.97. The summed E-state index contributed by atoms with van der Waals surface area (Å²) < 4.78 is 12.2. The molecule has 0 heterocycles. The molecular weight excluding hydrogens is 568 g/mol. The van der Waals surface area contributed by atoms with Gasteiger partial charge >= 0.3 is 6.09 Å². The minimum absolute atomic E-state index is 0.160. The number of benzene rings is 3. The second-order valence-electron chi connectivity index (χ2n) is 13.7. The molecule has 4 fully saturated rings. The maximum Gasteiger partial charge on any atom is 0.408 e. The van der Waals surface area contributed by atoms with Crippen LogP contribution in [0.3, 0.4) is 0 Å². The van der Waals surface area contributed by atoms with Crippen LogP contribution in [-0.2, 0) is 22.6 Å². The molecule has 8 heteroatoms. The SMILES string of the molecule is CC(Cc1ccc(OCc2ccccc2)cc1)(NC(=O)OC12CC3CC(CC(C3)C1)C2)C(=O)NC(CO)C(O)c1ccccc1. The van der Waals surface area contributed by atoms with Crippen LogP contribution >= 0.6 is 0 Å². The maximum absolute atomic E-state index is 14.0. The monoisotopic (exact) mass is 612 g/mol. The molecule has 3 aromatic rings. The number of amides is 2. The van der Waals surface area contributed by atoms with Gasteiger partial charge in [-0.1, -0.05) is 72.8 Å². The number of carbonyl (C=O) groups is 2. The summed E-state index contributed by atoms with van der Waals surface area (Å²) in [4.78, 5) is 27.6. The van der Waals surface area contributed by atoms with Crippen molar-refractivity contribution in [2.75, 3.05) is 6.61 Å². The highest BCUT2D eigenvalue weighted by atomic mass is 16.6. The van der Waals surface area contributed by atoms with Gasteiger partial charge in [-0.15, -0.1) is 0 Å². The fourth-order valence-electron chi connectivity index (χ4n) is 8.07. The van der Waals surface area contributed by atoms with Crippen LogP contribution in [0.2, 0.25) is 0 Å². The number of hydrogen-bond acceptors (Lipinski definition) is 6. The van der Waals surface area contributed by atoms with Gasteiger partial charge in [0.1, 0.15) is 29.6 Å². The molecule has 0 saturated heterocycles. The van der Waals surface area contributed by atoms with Crippen LogP contribution in [0.1, 0.15) is 68.2 Å². The van der Waals surface area contributed by atoms with E-state index < -0.39 is 41.9 Å². The normalized spacial score (nSPS) is 25.9. The molecule has 0 aliphatic heterocycles. The van der Waals surface area contributed by atoms with Gasteiger partial charge in [0.15, 0.2) is 0 Å². The third kappa shape index (κ3) is 7.34. The average Bonchev–Trinajstić information content (AvgIpc) is 3.02. The molecule has 0 radical (unpaired) electrons. The van der Waals surface area contributed by atoms with Gasteiger partial charge in [0.05, 0.1) is 12.6 Å². The van der Waals surface area contributed by atoms with Crippen molar-refractivity contribution in [1.29, 1.82) is 0 Å². The Balaban J connectivity index is 1.17. The van der Waals surface area contributed by atoms with Crippen LogP contribution in [0.25, 0.3) is 0 Å².